The monoisotopic (exact) mass is 423 g/mol. The van der Waals surface area contributed by atoms with E-state index in [1.165, 1.54) is 6.33 Å². The van der Waals surface area contributed by atoms with E-state index in [0.29, 0.717) is 22.8 Å². The minimum atomic E-state index is -0.311. The average Bonchev–Trinajstić information content (AvgIpc) is 3.15. The molecule has 4 rings (SSSR count). The summed E-state index contributed by atoms with van der Waals surface area (Å²) in [6, 6.07) is 14.3. The summed E-state index contributed by atoms with van der Waals surface area (Å²) >= 11 is 3.36. The number of carbonyl (C=O) groups is 1. The number of benzene rings is 2. The lowest BCUT2D eigenvalue weighted by molar-refractivity contribution is 0.262. The average molecular weight is 424 g/mol. The van der Waals surface area contributed by atoms with Gasteiger partial charge in [-0.2, -0.15) is 5.10 Å². The number of nitrogens with zero attached hydrogens (tertiary/aromatic N) is 3. The van der Waals surface area contributed by atoms with Crippen LogP contribution in [0.1, 0.15) is 0 Å². The van der Waals surface area contributed by atoms with Gasteiger partial charge < -0.3 is 16.0 Å². The Hall–Kier alpha value is -3.46. The van der Waals surface area contributed by atoms with Gasteiger partial charge in [-0.3, -0.25) is 5.10 Å². The number of carbonyl (C=O) groups excluding carboxylic acids is 1. The molecule has 8 nitrogen and oxygen atoms in total. The molecule has 0 radical (unpaired) electrons. The molecule has 0 unspecified atom stereocenters. The van der Waals surface area contributed by atoms with Gasteiger partial charge in [0, 0.05) is 21.5 Å². The molecule has 4 aromatic rings. The third-order valence-corrected chi connectivity index (χ3v) is 4.28. The highest BCUT2D eigenvalue weighted by Crippen LogP contribution is 2.22. The second-order valence-corrected chi connectivity index (χ2v) is 6.56. The van der Waals surface area contributed by atoms with E-state index in [0.717, 1.165) is 15.5 Å². The third kappa shape index (κ3) is 4.04. The Morgan fingerprint density at radius 3 is 2.22 bits per heavy atom. The number of anilines is 4. The zero-order chi connectivity index (χ0) is 18.6. The van der Waals surface area contributed by atoms with Crippen molar-refractivity contribution in [2.75, 3.05) is 16.0 Å². The number of H-pyrrole nitrogens is 1. The number of aromatic amines is 1. The van der Waals surface area contributed by atoms with Gasteiger partial charge in [0.25, 0.3) is 0 Å². The Bertz CT molecular complexity index is 1080. The van der Waals surface area contributed by atoms with E-state index < -0.39 is 0 Å². The molecule has 2 heterocycles. The molecule has 2 amide bonds. The van der Waals surface area contributed by atoms with Gasteiger partial charge in [0.15, 0.2) is 5.65 Å². The molecular formula is C18H14BrN7O. The number of nitrogens with one attached hydrogen (secondary N) is 4. The molecule has 2 aromatic heterocycles. The molecule has 4 N–H and O–H groups in total. The minimum Gasteiger partial charge on any atom is -0.340 e. The van der Waals surface area contributed by atoms with Crippen LogP contribution in [-0.2, 0) is 0 Å². The highest BCUT2D eigenvalue weighted by Gasteiger charge is 2.06. The molecule has 2 aromatic carbocycles. The van der Waals surface area contributed by atoms with Crippen LogP contribution < -0.4 is 16.0 Å². The molecule has 0 aliphatic carbocycles. The van der Waals surface area contributed by atoms with Crippen molar-refractivity contribution >= 4 is 55.9 Å². The maximum atomic E-state index is 12.1. The van der Waals surface area contributed by atoms with Crippen molar-refractivity contribution < 1.29 is 4.79 Å². The van der Waals surface area contributed by atoms with Crippen molar-refractivity contribution in [3.05, 3.63) is 65.5 Å². The van der Waals surface area contributed by atoms with Crippen LogP contribution in [-0.4, -0.2) is 26.2 Å². The minimum absolute atomic E-state index is 0.311. The van der Waals surface area contributed by atoms with Gasteiger partial charge in [0.1, 0.15) is 12.1 Å². The largest absolute Gasteiger partial charge is 0.340 e. The predicted octanol–water partition coefficient (Wildman–Crippen LogP) is 4.50. The summed E-state index contributed by atoms with van der Waals surface area (Å²) < 4.78 is 0.952. The topological polar surface area (TPSA) is 108 Å². The molecule has 0 bridgehead atoms. The molecule has 134 valence electrons. The van der Waals surface area contributed by atoms with Crippen LogP contribution in [0.15, 0.2) is 65.5 Å². The number of aromatic nitrogens is 4. The number of hydrogen-bond donors (Lipinski definition) is 4. The van der Waals surface area contributed by atoms with Crippen LogP contribution >= 0.6 is 15.9 Å². The molecule has 0 atom stereocenters. The van der Waals surface area contributed by atoms with Crippen LogP contribution in [0.4, 0.5) is 27.7 Å². The molecule has 0 fully saturated rings. The number of urea groups is 1. The van der Waals surface area contributed by atoms with Crippen molar-refractivity contribution in [1.29, 1.82) is 0 Å². The fraction of sp³-hybridized carbons (Fsp3) is 0. The second-order valence-electron chi connectivity index (χ2n) is 5.64. The lowest BCUT2D eigenvalue weighted by atomic mass is 10.2. The van der Waals surface area contributed by atoms with E-state index in [1.54, 1.807) is 18.3 Å². The first-order chi connectivity index (χ1) is 13.2. The SMILES string of the molecule is O=C(Nc1ccc(Br)cc1)Nc1ccc(Nc2ncnc3[nH]ncc23)cc1. The van der Waals surface area contributed by atoms with Crippen molar-refractivity contribution in [2.45, 2.75) is 0 Å². The van der Waals surface area contributed by atoms with E-state index in [1.807, 2.05) is 36.4 Å². The fourth-order valence-electron chi connectivity index (χ4n) is 2.46. The molecule has 0 aliphatic heterocycles. The maximum Gasteiger partial charge on any atom is 0.323 e. The van der Waals surface area contributed by atoms with E-state index in [4.69, 9.17) is 0 Å². The molecule has 0 saturated heterocycles. The van der Waals surface area contributed by atoms with Gasteiger partial charge >= 0.3 is 6.03 Å². The normalized spacial score (nSPS) is 10.6. The number of fused-ring (bicyclic) bond motifs is 1. The lowest BCUT2D eigenvalue weighted by Gasteiger charge is -2.10. The second kappa shape index (κ2) is 7.42. The molecule has 0 saturated carbocycles. The summed E-state index contributed by atoms with van der Waals surface area (Å²) in [7, 11) is 0. The van der Waals surface area contributed by atoms with Crippen LogP contribution in [0.5, 0.6) is 0 Å². The zero-order valence-corrected chi connectivity index (χ0v) is 15.5. The van der Waals surface area contributed by atoms with Crippen molar-refractivity contribution in [2.24, 2.45) is 0 Å². The van der Waals surface area contributed by atoms with Crippen molar-refractivity contribution in [3.8, 4) is 0 Å². The third-order valence-electron chi connectivity index (χ3n) is 3.76. The summed E-state index contributed by atoms with van der Waals surface area (Å²) in [5, 5.41) is 16.3. The van der Waals surface area contributed by atoms with E-state index in [9.17, 15) is 4.79 Å². The summed E-state index contributed by atoms with van der Waals surface area (Å²) in [5.74, 6) is 0.655. The Morgan fingerprint density at radius 1 is 0.889 bits per heavy atom. The highest BCUT2D eigenvalue weighted by molar-refractivity contribution is 9.10. The molecular weight excluding hydrogens is 410 g/mol. The standard InChI is InChI=1S/C18H14BrN7O/c19-11-1-3-13(4-2-11)24-18(27)25-14-7-5-12(6-8-14)23-16-15-9-22-26-17(15)21-10-20-16/h1-10H,(H2,24,25,27)(H2,20,21,22,23,26). The van der Waals surface area contributed by atoms with Crippen LogP contribution in [0, 0.1) is 0 Å². The first-order valence-corrected chi connectivity index (χ1v) is 8.81. The van der Waals surface area contributed by atoms with Gasteiger partial charge in [-0.05, 0) is 48.5 Å². The Morgan fingerprint density at radius 2 is 1.52 bits per heavy atom. The molecule has 0 aliphatic rings. The first-order valence-electron chi connectivity index (χ1n) is 8.02. The number of halogens is 1. The van der Waals surface area contributed by atoms with Gasteiger partial charge in [-0.1, -0.05) is 15.9 Å². The predicted molar refractivity (Wildman–Crippen MR) is 108 cm³/mol. The summed E-state index contributed by atoms with van der Waals surface area (Å²) in [4.78, 5) is 20.4. The van der Waals surface area contributed by atoms with Gasteiger partial charge in [-0.15, -0.1) is 0 Å². The van der Waals surface area contributed by atoms with Gasteiger partial charge in [0.05, 0.1) is 11.6 Å². The van der Waals surface area contributed by atoms with E-state index >= 15 is 0 Å². The lowest BCUT2D eigenvalue weighted by Crippen LogP contribution is -2.19. The number of rotatable bonds is 4. The fourth-order valence-corrected chi connectivity index (χ4v) is 2.73. The summed E-state index contributed by atoms with van der Waals surface area (Å²) in [5.41, 5.74) is 2.87. The first kappa shape index (κ1) is 17.0. The molecule has 9 heteroatoms. The summed E-state index contributed by atoms with van der Waals surface area (Å²) in [6.07, 6.45) is 3.13. The van der Waals surface area contributed by atoms with E-state index in [2.05, 4.69) is 52.0 Å². The Balaban J connectivity index is 1.40. The number of hydrogen-bond acceptors (Lipinski definition) is 5. The smallest absolute Gasteiger partial charge is 0.323 e. The maximum absolute atomic E-state index is 12.1. The van der Waals surface area contributed by atoms with Crippen molar-refractivity contribution in [1.82, 2.24) is 20.2 Å². The zero-order valence-electron chi connectivity index (χ0n) is 13.9. The number of amides is 2. The Kier molecular flexibility index (Phi) is 4.67. The van der Waals surface area contributed by atoms with Crippen LogP contribution in [0.25, 0.3) is 11.0 Å². The van der Waals surface area contributed by atoms with Gasteiger partial charge in [-0.25, -0.2) is 14.8 Å². The van der Waals surface area contributed by atoms with Gasteiger partial charge in [0.2, 0.25) is 0 Å². The highest BCUT2D eigenvalue weighted by atomic mass is 79.9. The van der Waals surface area contributed by atoms with Crippen LogP contribution in [0.2, 0.25) is 0 Å². The van der Waals surface area contributed by atoms with Crippen LogP contribution in [0.3, 0.4) is 0 Å². The quantitative estimate of drug-likeness (QED) is 0.386. The summed E-state index contributed by atoms with van der Waals surface area (Å²) in [6.45, 7) is 0. The Labute approximate surface area is 162 Å². The molecule has 27 heavy (non-hydrogen) atoms. The van der Waals surface area contributed by atoms with E-state index in [-0.39, 0.29) is 6.03 Å². The molecule has 0 spiro atoms. The van der Waals surface area contributed by atoms with Crippen molar-refractivity contribution in [3.63, 3.8) is 0 Å².